The normalized spacial score (nSPS) is 15.2. The third-order valence-corrected chi connectivity index (χ3v) is 11.9. The lowest BCUT2D eigenvalue weighted by molar-refractivity contribution is 0.0990. The Bertz CT molecular complexity index is 2250. The van der Waals surface area contributed by atoms with Crippen molar-refractivity contribution in [2.45, 2.75) is 38.9 Å². The van der Waals surface area contributed by atoms with Gasteiger partial charge in [-0.3, -0.25) is 9.59 Å². The number of hydrogen-bond donors (Lipinski definition) is 0. The molecule has 0 aromatic heterocycles. The smallest absolute Gasteiger partial charge is 0.197 e. The number of fused-ring (bicyclic) bond motifs is 5. The first-order valence-corrected chi connectivity index (χ1v) is 19.4. The number of benzene rings is 6. The second-order valence-electron chi connectivity index (χ2n) is 14.2. The van der Waals surface area contributed by atoms with Gasteiger partial charge in [0.05, 0.1) is 25.0 Å². The highest BCUT2D eigenvalue weighted by molar-refractivity contribution is 6.88. The molecule has 4 heteroatoms. The van der Waals surface area contributed by atoms with Crippen molar-refractivity contribution >= 4 is 69.5 Å². The summed E-state index contributed by atoms with van der Waals surface area (Å²) in [6.45, 7) is 11.7. The maximum atomic E-state index is 13.6. The Hall–Kier alpha value is -5.06. The molecule has 0 saturated carbocycles. The van der Waals surface area contributed by atoms with Crippen LogP contribution in [0.1, 0.15) is 51.3 Å². The van der Waals surface area contributed by atoms with Crippen molar-refractivity contribution in [3.63, 3.8) is 0 Å². The molecule has 0 spiro atoms. The van der Waals surface area contributed by atoms with E-state index in [9.17, 15) is 9.59 Å². The number of anilines is 3. The van der Waals surface area contributed by atoms with Crippen LogP contribution in [-0.4, -0.2) is 19.6 Å². The SMILES string of the molecule is CC1(C)c2cc(C=C3C(=O)c4cc5ccccc5cc4C3=O)ccc2N(c2ccc([Si](C)(C)C)cc2)c2cc3ccccc3cc21. The van der Waals surface area contributed by atoms with Crippen LogP contribution >= 0.6 is 0 Å². The Balaban J connectivity index is 1.29. The van der Waals surface area contributed by atoms with Gasteiger partial charge in [0.25, 0.3) is 0 Å². The van der Waals surface area contributed by atoms with Crippen molar-refractivity contribution in [1.29, 1.82) is 0 Å². The van der Waals surface area contributed by atoms with Crippen LogP contribution in [0.4, 0.5) is 17.1 Å². The predicted octanol–water partition coefficient (Wildman–Crippen LogP) is 10.1. The molecule has 0 atom stereocenters. The number of carbonyl (C=O) groups excluding carboxylic acids is 2. The molecule has 0 radical (unpaired) electrons. The zero-order chi connectivity index (χ0) is 32.0. The first kappa shape index (κ1) is 28.4. The van der Waals surface area contributed by atoms with Crippen LogP contribution in [0.15, 0.2) is 121 Å². The molecule has 6 aromatic carbocycles. The van der Waals surface area contributed by atoms with Crippen molar-refractivity contribution in [3.8, 4) is 0 Å². The Labute approximate surface area is 270 Å². The monoisotopic (exact) mass is 613 g/mol. The molecule has 0 saturated heterocycles. The molecular weight excluding hydrogens is 579 g/mol. The van der Waals surface area contributed by atoms with Crippen LogP contribution in [0.3, 0.4) is 0 Å². The Kier molecular flexibility index (Phi) is 6.16. The minimum Gasteiger partial charge on any atom is -0.310 e. The van der Waals surface area contributed by atoms with Crippen molar-refractivity contribution in [1.82, 2.24) is 0 Å². The molecule has 46 heavy (non-hydrogen) atoms. The molecule has 0 fully saturated rings. The van der Waals surface area contributed by atoms with E-state index in [1.807, 2.05) is 42.5 Å². The number of carbonyl (C=O) groups is 2. The average Bonchev–Trinajstić information content (AvgIpc) is 3.27. The average molecular weight is 614 g/mol. The standard InChI is InChI=1S/C42H35NO2Si/c1-42(2)36-21-26(20-35-40(44)33-22-27-10-6-7-11-28(27)23-34(33)41(35)45)14-19-38(36)43(31-15-17-32(18-16-31)46(3,4)5)39-25-30-13-9-8-12-29(30)24-37(39)42/h6-25H,1-5H3. The summed E-state index contributed by atoms with van der Waals surface area (Å²) in [6.07, 6.45) is 1.79. The highest BCUT2D eigenvalue weighted by Crippen LogP contribution is 2.53. The van der Waals surface area contributed by atoms with E-state index in [0.29, 0.717) is 11.1 Å². The summed E-state index contributed by atoms with van der Waals surface area (Å²) in [4.78, 5) is 29.6. The highest BCUT2D eigenvalue weighted by atomic mass is 28.3. The van der Waals surface area contributed by atoms with Gasteiger partial charge in [0.15, 0.2) is 11.6 Å². The minimum absolute atomic E-state index is 0.205. The third-order valence-electron chi connectivity index (χ3n) is 9.88. The molecule has 1 aliphatic heterocycles. The summed E-state index contributed by atoms with van der Waals surface area (Å²) in [6, 6.07) is 40.2. The summed E-state index contributed by atoms with van der Waals surface area (Å²) in [5.41, 5.74) is 7.51. The van der Waals surface area contributed by atoms with Crippen LogP contribution in [0, 0.1) is 0 Å². The second kappa shape index (κ2) is 9.97. The topological polar surface area (TPSA) is 37.4 Å². The highest BCUT2D eigenvalue weighted by Gasteiger charge is 2.38. The maximum absolute atomic E-state index is 13.6. The zero-order valence-corrected chi connectivity index (χ0v) is 27.8. The molecule has 0 bridgehead atoms. The molecule has 8 rings (SSSR count). The summed E-state index contributed by atoms with van der Waals surface area (Å²) < 4.78 is 0. The first-order valence-electron chi connectivity index (χ1n) is 15.9. The van der Waals surface area contributed by atoms with Crippen LogP contribution in [-0.2, 0) is 5.41 Å². The van der Waals surface area contributed by atoms with Crippen molar-refractivity contribution in [2.24, 2.45) is 0 Å². The zero-order valence-electron chi connectivity index (χ0n) is 26.8. The number of allylic oxidation sites excluding steroid dienone is 1. The summed E-state index contributed by atoms with van der Waals surface area (Å²) in [5.74, 6) is -0.410. The van der Waals surface area contributed by atoms with E-state index in [1.54, 1.807) is 6.08 Å². The minimum atomic E-state index is -1.46. The Morgan fingerprint density at radius 1 is 0.587 bits per heavy atom. The van der Waals surface area contributed by atoms with Gasteiger partial charge in [-0.1, -0.05) is 105 Å². The summed E-state index contributed by atoms with van der Waals surface area (Å²) >= 11 is 0. The van der Waals surface area contributed by atoms with E-state index in [1.165, 1.54) is 27.2 Å². The molecule has 0 amide bonds. The number of nitrogens with zero attached hydrogens (tertiary/aromatic N) is 1. The molecule has 1 aliphatic carbocycles. The van der Waals surface area contributed by atoms with Crippen molar-refractivity contribution in [2.75, 3.05) is 4.90 Å². The number of Topliss-reactive ketones (excluding diaryl/α,β-unsaturated/α-hetero) is 2. The summed E-state index contributed by atoms with van der Waals surface area (Å²) in [7, 11) is -1.46. The third kappa shape index (κ3) is 4.32. The Morgan fingerprint density at radius 2 is 1.11 bits per heavy atom. The van der Waals surface area contributed by atoms with Crippen LogP contribution in [0.2, 0.25) is 19.6 Å². The largest absolute Gasteiger partial charge is 0.310 e. The van der Waals surface area contributed by atoms with E-state index in [4.69, 9.17) is 0 Å². The van der Waals surface area contributed by atoms with Crippen LogP contribution in [0.5, 0.6) is 0 Å². The van der Waals surface area contributed by atoms with Crippen molar-refractivity contribution in [3.05, 3.63) is 149 Å². The van der Waals surface area contributed by atoms with Gasteiger partial charge in [0.2, 0.25) is 0 Å². The number of ketones is 2. The number of hydrogen-bond acceptors (Lipinski definition) is 3. The van der Waals surface area contributed by atoms with E-state index < -0.39 is 8.07 Å². The van der Waals surface area contributed by atoms with Gasteiger partial charge in [-0.05, 0) is 92.8 Å². The lowest BCUT2D eigenvalue weighted by atomic mass is 9.72. The molecule has 6 aromatic rings. The molecule has 224 valence electrons. The van der Waals surface area contributed by atoms with E-state index >= 15 is 0 Å². The predicted molar refractivity (Wildman–Crippen MR) is 194 cm³/mol. The van der Waals surface area contributed by atoms with E-state index in [-0.39, 0.29) is 22.6 Å². The number of rotatable bonds is 3. The van der Waals surface area contributed by atoms with Gasteiger partial charge >= 0.3 is 0 Å². The van der Waals surface area contributed by atoms with E-state index in [2.05, 4.69) is 111 Å². The van der Waals surface area contributed by atoms with Gasteiger partial charge in [-0.25, -0.2) is 0 Å². The molecule has 1 heterocycles. The fourth-order valence-electron chi connectivity index (χ4n) is 7.22. The van der Waals surface area contributed by atoms with Gasteiger partial charge in [-0.2, -0.15) is 0 Å². The first-order chi connectivity index (χ1) is 22.0. The van der Waals surface area contributed by atoms with Crippen LogP contribution in [0.25, 0.3) is 27.6 Å². The van der Waals surface area contributed by atoms with Gasteiger partial charge < -0.3 is 4.90 Å². The van der Waals surface area contributed by atoms with Gasteiger partial charge in [-0.15, -0.1) is 0 Å². The molecule has 0 unspecified atom stereocenters. The lowest BCUT2D eigenvalue weighted by Crippen LogP contribution is -2.37. The lowest BCUT2D eigenvalue weighted by Gasteiger charge is -2.42. The molecule has 0 N–H and O–H groups in total. The maximum Gasteiger partial charge on any atom is 0.197 e. The fourth-order valence-corrected chi connectivity index (χ4v) is 8.39. The second-order valence-corrected chi connectivity index (χ2v) is 19.3. The summed E-state index contributed by atoms with van der Waals surface area (Å²) in [5, 5.41) is 5.76. The molecule has 3 nitrogen and oxygen atoms in total. The van der Waals surface area contributed by atoms with Gasteiger partial charge in [0, 0.05) is 22.2 Å². The fraction of sp³-hybridized carbons (Fsp3) is 0.143. The Morgan fingerprint density at radius 3 is 1.67 bits per heavy atom. The molecule has 2 aliphatic rings. The van der Waals surface area contributed by atoms with Crippen molar-refractivity contribution < 1.29 is 9.59 Å². The molecular formula is C42H35NO2Si. The quantitative estimate of drug-likeness (QED) is 0.113. The van der Waals surface area contributed by atoms with E-state index in [0.717, 1.165) is 33.3 Å². The van der Waals surface area contributed by atoms with Gasteiger partial charge in [0.1, 0.15) is 0 Å². The van der Waals surface area contributed by atoms with Crippen LogP contribution < -0.4 is 10.1 Å².